The van der Waals surface area contributed by atoms with Gasteiger partial charge in [0, 0.05) is 155 Å². The zero-order valence-electron chi connectivity index (χ0n) is 78.6. The summed E-state index contributed by atoms with van der Waals surface area (Å²) in [6.07, 6.45) is 1.18. The van der Waals surface area contributed by atoms with Gasteiger partial charge in [-0.15, -0.1) is 11.8 Å². The van der Waals surface area contributed by atoms with E-state index in [-0.39, 0.29) is 109 Å². The van der Waals surface area contributed by atoms with E-state index in [1.165, 1.54) is 62.4 Å². The first-order valence-electron chi connectivity index (χ1n) is 46.8. The maximum absolute atomic E-state index is 15.9. The van der Waals surface area contributed by atoms with Crippen molar-refractivity contribution >= 4 is 163 Å². The highest BCUT2D eigenvalue weighted by Crippen LogP contribution is 2.36. The molecule has 0 radical (unpaired) electrons. The van der Waals surface area contributed by atoms with E-state index in [0.717, 1.165) is 21.6 Å². The lowest BCUT2D eigenvalue weighted by Gasteiger charge is -2.36. The highest BCUT2D eigenvalue weighted by molar-refractivity contribution is 8.00. The smallest absolute Gasteiger partial charge is 0.303 e. The number of carboxylic acid groups (broad SMARTS) is 1. The number of likely N-dealkylation sites (N-methyl/N-ethyl adjacent to an activating group) is 3. The third-order valence-electron chi connectivity index (χ3n) is 25.7. The van der Waals surface area contributed by atoms with Crippen LogP contribution in [0.2, 0.25) is 5.02 Å². The Labute approximate surface area is 808 Å². The molecule has 4 aliphatic rings. The van der Waals surface area contributed by atoms with Gasteiger partial charge in [-0.25, -0.2) is 0 Å². The molecule has 41 nitrogen and oxygen atoms in total. The molecule has 14 amide bonds. The van der Waals surface area contributed by atoms with E-state index >= 15 is 43.2 Å². The Morgan fingerprint density at radius 3 is 1.77 bits per heavy atom. The number of carbonyl (C=O) groups is 18. The van der Waals surface area contributed by atoms with Crippen LogP contribution in [0.15, 0.2) is 102 Å². The van der Waals surface area contributed by atoms with Gasteiger partial charge in [-0.3, -0.25) is 96.7 Å². The van der Waals surface area contributed by atoms with Gasteiger partial charge in [-0.1, -0.05) is 99.7 Å². The van der Waals surface area contributed by atoms with Gasteiger partial charge in [0.2, 0.25) is 82.7 Å². The normalized spacial score (nSPS) is 25.4. The SMILES string of the molecule is CCCC[C@H]1C(=O)N(C)[C@@H](CCCC)C(=O)N[C@@H](CCCNC(=N)N)C(=O)N[C@H](C(=O)CCC(N)=O)CSCC(=O)N[C@@H](Cc2ccc(Cl)cc2)C(=O)N(C)[C@@H](C)C(=O)N[C@@H](CC(N)=O)C(=O)N2CCC[C@H]2C(=O)N[C@@H](CC2=CN=CC2)C(=O)N[C@@H](CCC(=O)O)C(=O)C2C[C@H](O)C[C@H]2C(=O)N[C@@H](Cc2c[nH]c3ccccc23)C(=O)C[C@@H](CCN)C(=O)N[C@@H](Cc2c[nH]c3ccccc23)C(=O)N1C. The van der Waals surface area contributed by atoms with E-state index in [9.17, 15) is 53.4 Å². The molecule has 2 saturated heterocycles. The van der Waals surface area contributed by atoms with Crippen LogP contribution >= 0.6 is 23.4 Å². The Balaban J connectivity index is 1.11. The number of halogens is 1. The number of nitrogens with two attached hydrogens (primary N) is 4. The highest BCUT2D eigenvalue weighted by Gasteiger charge is 2.48. The maximum atomic E-state index is 15.9. The van der Waals surface area contributed by atoms with Crippen LogP contribution in [0.4, 0.5) is 0 Å². The first kappa shape index (κ1) is 109. The number of aromatic amines is 2. The number of aliphatic hydroxyl groups is 1. The van der Waals surface area contributed by atoms with E-state index in [2.05, 4.69) is 62.8 Å². The Bertz CT molecular complexity index is 5320. The number of unbranched alkanes of at least 4 members (excludes halogenated alkanes) is 2. The van der Waals surface area contributed by atoms with E-state index in [0.29, 0.717) is 74.8 Å². The standard InChI is InChI=1S/C95H130ClN21O20S/c1-7-9-22-74-89(132)108-67(21-15-36-103-95(100)101)87(130)113-73(77(119)30-31-79(98)121)50-138-51-81(123)106-70(39-53-25-27-58(96)28-26-53)91(134)114(4)52(3)84(127)111-72(46-80(99)122)93(136)117-38-16-24-75(117)90(133)110-69(40-54-34-37-102-47-54)88(131)107-66(29-32-82(124)125)83(126)62-44-59(118)45-63(62)86(129)109-68(41-56-48-104-64-19-13-11-17-60(56)64)78(120)43-55(33-35-97)85(128)112-71(42-57-49-105-65-20-14-12-18-61(57)65)92(135)116(6)76(23-10-8-2)94(137)115(74)5/h11-14,17-20,25-28,37,47-49,52,55,59,62-63,66-76,104-105,118H,7-10,15-16,21-24,29-36,38-46,50-51,97H2,1-6H3,(H2,98,121)(H2,99,122)(H,106,123)(H,107,131)(H,108,132)(H,109,129)(H,110,133)(H,111,127)(H,112,128)(H,113,130)(H,124,125)(H4,100,101,103)/t52-,55+,59-,62?,63+,66-,67-,68-,69-,70-,71-,72-,73-,74-,75-,76-/m0/s1. The molecule has 0 spiro atoms. The summed E-state index contributed by atoms with van der Waals surface area (Å²) in [5.41, 5.74) is 26.6. The predicted molar refractivity (Wildman–Crippen MR) is 514 cm³/mol. The molecule has 0 bridgehead atoms. The van der Waals surface area contributed by atoms with Crippen molar-refractivity contribution in [3.05, 3.63) is 119 Å². The van der Waals surface area contributed by atoms with E-state index < -0.39 is 259 Å². The molecule has 16 atom stereocenters. The second-order valence-electron chi connectivity index (χ2n) is 35.8. The lowest BCUT2D eigenvalue weighted by Crippen LogP contribution is -2.59. The van der Waals surface area contributed by atoms with Crippen LogP contribution in [0, 0.1) is 23.2 Å². The fourth-order valence-corrected chi connectivity index (χ4v) is 18.9. The van der Waals surface area contributed by atoms with Gasteiger partial charge in [0.15, 0.2) is 23.3 Å². The molecule has 5 aromatic rings. The first-order valence-corrected chi connectivity index (χ1v) is 48.3. The van der Waals surface area contributed by atoms with Crippen molar-refractivity contribution in [2.24, 2.45) is 45.7 Å². The summed E-state index contributed by atoms with van der Waals surface area (Å²) in [5.74, 6) is -22.0. The molecule has 43 heteroatoms. The summed E-state index contributed by atoms with van der Waals surface area (Å²) in [7, 11) is 3.98. The van der Waals surface area contributed by atoms with Gasteiger partial charge in [-0.2, -0.15) is 0 Å². The number of hydrogen-bond acceptors (Lipinski definition) is 23. The van der Waals surface area contributed by atoms with Gasteiger partial charge < -0.3 is 111 Å². The minimum Gasteiger partial charge on any atom is -0.481 e. The van der Waals surface area contributed by atoms with Gasteiger partial charge in [0.1, 0.15) is 54.4 Å². The summed E-state index contributed by atoms with van der Waals surface area (Å²) < 4.78 is 0. The minimum atomic E-state index is -1.79. The summed E-state index contributed by atoms with van der Waals surface area (Å²) in [5, 5.41) is 55.6. The minimum absolute atomic E-state index is 0.000789. The van der Waals surface area contributed by atoms with Crippen molar-refractivity contribution in [1.29, 1.82) is 5.41 Å². The quantitative estimate of drug-likeness (QED) is 0.0182. The maximum Gasteiger partial charge on any atom is 0.303 e. The number of para-hydroxylation sites is 2. The number of aliphatic imine (C=N–C) groups is 1. The van der Waals surface area contributed by atoms with Gasteiger partial charge >= 0.3 is 5.97 Å². The third-order valence-corrected chi connectivity index (χ3v) is 27.0. The third kappa shape index (κ3) is 30.8. The number of nitrogens with zero attached hydrogens (tertiary/aromatic N) is 5. The van der Waals surface area contributed by atoms with Crippen LogP contribution in [0.1, 0.15) is 172 Å². The number of aliphatic carboxylic acids is 1. The fraction of sp³-hybridized carbons (Fsp3) is 0.537. The Kier molecular flexibility index (Phi) is 41.4. The summed E-state index contributed by atoms with van der Waals surface area (Å²) in [6.45, 7) is 4.66. The number of benzene rings is 3. The van der Waals surface area contributed by atoms with E-state index in [1.54, 1.807) is 73.1 Å². The zero-order valence-corrected chi connectivity index (χ0v) is 80.1. The number of aliphatic hydroxyl groups excluding tert-OH is 1. The highest BCUT2D eigenvalue weighted by atomic mass is 35.5. The number of Topliss-reactive ketones (excluding diaryl/α,β-unsaturated/α-hetero) is 3. The van der Waals surface area contributed by atoms with Crippen molar-refractivity contribution in [3.63, 3.8) is 0 Å². The molecule has 138 heavy (non-hydrogen) atoms. The molecular formula is C95H130ClN21O20S. The molecule has 3 fully saturated rings. The van der Waals surface area contributed by atoms with Crippen LogP contribution in [-0.2, 0) is 106 Å². The number of guanidine groups is 1. The second-order valence-corrected chi connectivity index (χ2v) is 37.2. The summed E-state index contributed by atoms with van der Waals surface area (Å²) in [4.78, 5) is 280. The predicted octanol–water partition coefficient (Wildman–Crippen LogP) is 1.29. The van der Waals surface area contributed by atoms with Crippen molar-refractivity contribution in [3.8, 4) is 0 Å². The number of aromatic nitrogens is 2. The van der Waals surface area contributed by atoms with E-state index in [1.807, 2.05) is 13.8 Å². The Morgan fingerprint density at radius 1 is 0.572 bits per heavy atom. The van der Waals surface area contributed by atoms with Crippen molar-refractivity contribution < 1.29 is 96.5 Å². The van der Waals surface area contributed by atoms with Crippen LogP contribution in [0.5, 0.6) is 0 Å². The van der Waals surface area contributed by atoms with E-state index in [4.69, 9.17) is 39.9 Å². The number of ketones is 3. The molecule has 2 aromatic heterocycles. The number of rotatable bonds is 29. The fourth-order valence-electron chi connectivity index (χ4n) is 17.8. The monoisotopic (exact) mass is 1950 g/mol. The molecule has 9 rings (SSSR count). The largest absolute Gasteiger partial charge is 0.481 e. The zero-order chi connectivity index (χ0) is 101. The topological polar surface area (TPSA) is 641 Å². The molecule has 1 saturated carbocycles. The molecule has 3 aliphatic heterocycles. The Hall–Kier alpha value is -13.0. The molecule has 3 aromatic carbocycles. The van der Waals surface area contributed by atoms with Crippen LogP contribution in [0.3, 0.4) is 0 Å². The lowest BCUT2D eigenvalue weighted by atomic mass is 9.85. The molecule has 1 aliphatic carbocycles. The number of amides is 14. The number of H-pyrrole nitrogens is 2. The van der Waals surface area contributed by atoms with Gasteiger partial charge in [-0.05, 0) is 131 Å². The number of thioether (sulfide) groups is 1. The lowest BCUT2D eigenvalue weighted by molar-refractivity contribution is -0.149. The number of carboxylic acids is 1. The van der Waals surface area contributed by atoms with Crippen LogP contribution in [-0.4, -0.2) is 289 Å². The van der Waals surface area contributed by atoms with Crippen LogP contribution < -0.4 is 70.8 Å². The van der Waals surface area contributed by atoms with Crippen molar-refractivity contribution in [2.75, 3.05) is 52.3 Å². The van der Waals surface area contributed by atoms with Crippen molar-refractivity contribution in [2.45, 2.75) is 253 Å². The average Bonchev–Trinajstić information content (AvgIpc) is 1.70. The Morgan fingerprint density at radius 2 is 1.15 bits per heavy atom. The second kappa shape index (κ2) is 52.5. The van der Waals surface area contributed by atoms with Gasteiger partial charge in [0.25, 0.3) is 0 Å². The number of hydrogen-bond donors (Lipinski definition) is 18. The molecular weight excluding hydrogens is 1820 g/mol. The number of primary amides is 2. The molecule has 748 valence electrons. The molecule has 1 unspecified atom stereocenters. The van der Waals surface area contributed by atoms with Gasteiger partial charge in [0.05, 0.1) is 42.3 Å². The molecule has 5 heterocycles. The summed E-state index contributed by atoms with van der Waals surface area (Å²) in [6, 6.07) is 2.17. The van der Waals surface area contributed by atoms with Crippen LogP contribution in [0.25, 0.3) is 21.8 Å². The average molecular weight is 1950 g/mol. The number of fused-ring (bicyclic) bond motifs is 4. The van der Waals surface area contributed by atoms with Crippen molar-refractivity contribution in [1.82, 2.24) is 77.4 Å². The number of carbonyl (C=O) groups excluding carboxylic acids is 17. The number of nitrogens with one attached hydrogen (secondary N) is 12. The summed E-state index contributed by atoms with van der Waals surface area (Å²) >= 11 is 7.08. The molecule has 22 N–H and O–H groups in total. The first-order chi connectivity index (χ1) is 65.8.